The minimum atomic E-state index is -4.85. The molecule has 0 aliphatic rings. The van der Waals surface area contributed by atoms with Crippen LogP contribution in [0.1, 0.15) is 64.7 Å². The summed E-state index contributed by atoms with van der Waals surface area (Å²) in [7, 11) is -4.85. The first-order chi connectivity index (χ1) is 12.8. The van der Waals surface area contributed by atoms with Crippen LogP contribution in [-0.4, -0.2) is 83.4 Å². The van der Waals surface area contributed by atoms with E-state index >= 15 is 0 Å². The number of aliphatic hydroxyl groups is 2. The van der Waals surface area contributed by atoms with E-state index in [0.717, 1.165) is 25.7 Å². The van der Waals surface area contributed by atoms with Crippen LogP contribution >= 0.6 is 0 Å². The van der Waals surface area contributed by atoms with Crippen molar-refractivity contribution in [3.63, 3.8) is 0 Å². The number of hydrogen-bond donors (Lipinski definition) is 2. The van der Waals surface area contributed by atoms with E-state index in [4.69, 9.17) is 5.11 Å². The Balaban J connectivity index is 4.93. The maximum atomic E-state index is 12.9. The van der Waals surface area contributed by atoms with Gasteiger partial charge in [-0.2, -0.15) is 0 Å². The van der Waals surface area contributed by atoms with Crippen LogP contribution in [0, 0.1) is 0 Å². The number of unbranched alkanes of at least 4 members (excludes halogenated alkanes) is 7. The normalized spacial score (nSPS) is 13.7. The fourth-order valence-corrected chi connectivity index (χ4v) is 4.35. The average molecular weight is 413 g/mol. The first kappa shape index (κ1) is 26.4. The highest BCUT2D eigenvalue weighted by molar-refractivity contribution is 7.87. The molecule has 0 aromatic rings. The van der Waals surface area contributed by atoms with Crippen molar-refractivity contribution in [1.82, 2.24) is 0 Å². The largest absolute Gasteiger partial charge is 0.747 e. The zero-order valence-corrected chi connectivity index (χ0v) is 17.4. The lowest BCUT2D eigenvalue weighted by atomic mass is 10.1. The van der Waals surface area contributed by atoms with E-state index in [-0.39, 0.29) is 32.7 Å². The molecule has 27 heavy (non-hydrogen) atoms. The van der Waals surface area contributed by atoms with Gasteiger partial charge in [-0.1, -0.05) is 58.3 Å². The zero-order chi connectivity index (χ0) is 20.8. The predicted octanol–water partition coefficient (Wildman–Crippen LogP) is 0.484. The molecular formula is C18H38NO7S+. The molecule has 0 aliphatic carbocycles. The van der Waals surface area contributed by atoms with Gasteiger partial charge >= 0.3 is 5.91 Å². The molecule has 1 unspecified atom stereocenters. The molecule has 0 aromatic carbocycles. The molecule has 0 saturated heterocycles. The van der Waals surface area contributed by atoms with E-state index in [1.807, 2.05) is 0 Å². The molecule has 0 rings (SSSR count). The third-order valence-corrected chi connectivity index (χ3v) is 6.14. The maximum Gasteiger partial charge on any atom is 0.331 e. The van der Waals surface area contributed by atoms with Crippen LogP contribution in [0.4, 0.5) is 0 Å². The lowest BCUT2D eigenvalue weighted by Crippen LogP contribution is -2.61. The highest BCUT2D eigenvalue weighted by Gasteiger charge is 2.43. The van der Waals surface area contributed by atoms with E-state index in [1.54, 1.807) is 0 Å². The van der Waals surface area contributed by atoms with Gasteiger partial charge in [0.15, 0.2) is 18.4 Å². The Morgan fingerprint density at radius 2 is 1.44 bits per heavy atom. The summed E-state index contributed by atoms with van der Waals surface area (Å²) in [5.41, 5.74) is 0. The number of amides is 1. The van der Waals surface area contributed by atoms with Crippen LogP contribution < -0.4 is 0 Å². The number of quaternary nitrogens is 1. The van der Waals surface area contributed by atoms with Crippen molar-refractivity contribution in [2.24, 2.45) is 0 Å². The summed E-state index contributed by atoms with van der Waals surface area (Å²) in [5.74, 6) is -0.803. The molecule has 162 valence electrons. The van der Waals surface area contributed by atoms with Gasteiger partial charge in [0.2, 0.25) is 0 Å². The summed E-state index contributed by atoms with van der Waals surface area (Å²) < 4.78 is 34.6. The lowest BCUT2D eigenvalue weighted by Gasteiger charge is -2.36. The minimum absolute atomic E-state index is 0.0383. The lowest BCUT2D eigenvalue weighted by molar-refractivity contribution is -0.856. The molecule has 0 aliphatic heterocycles. The van der Waals surface area contributed by atoms with Crippen molar-refractivity contribution in [3.05, 3.63) is 0 Å². The average Bonchev–Trinajstić information content (AvgIpc) is 2.59. The Morgan fingerprint density at radius 3 is 1.85 bits per heavy atom. The summed E-state index contributed by atoms with van der Waals surface area (Å²) >= 11 is 0. The standard InChI is InChI=1S/C18H37NO7S/c1-2-3-4-5-6-7-8-9-10-17(27(24,25)26)18(23)19(11-14-20,12-15-21)13-16-22/h17,20-22H,2-16H2,1H3/p+1. The second-order valence-electron chi connectivity index (χ2n) is 7.10. The van der Waals surface area contributed by atoms with E-state index in [2.05, 4.69) is 6.92 Å². The summed E-state index contributed by atoms with van der Waals surface area (Å²) in [6.07, 6.45) is 7.85. The molecule has 0 radical (unpaired) electrons. The van der Waals surface area contributed by atoms with E-state index in [1.165, 1.54) is 19.3 Å². The van der Waals surface area contributed by atoms with Crippen molar-refractivity contribution >= 4 is 16.0 Å². The van der Waals surface area contributed by atoms with E-state index < -0.39 is 39.0 Å². The van der Waals surface area contributed by atoms with Gasteiger partial charge in [-0.15, -0.1) is 0 Å². The van der Waals surface area contributed by atoms with Gasteiger partial charge in [-0.25, -0.2) is 17.7 Å². The number of aliphatic hydroxyl groups excluding tert-OH is 2. The van der Waals surface area contributed by atoms with Crippen molar-refractivity contribution in [1.29, 1.82) is 0 Å². The van der Waals surface area contributed by atoms with Crippen LogP contribution in [0.2, 0.25) is 0 Å². The minimum Gasteiger partial charge on any atom is -0.747 e. The van der Waals surface area contributed by atoms with Crippen LogP contribution in [0.25, 0.3) is 0 Å². The fraction of sp³-hybridized carbons (Fsp3) is 0.944. The highest BCUT2D eigenvalue weighted by Crippen LogP contribution is 2.20. The number of hydrogen-bond acceptors (Lipinski definition) is 6. The number of carbonyl (C=O) groups excluding carboxylic acids is 1. The molecule has 8 nitrogen and oxygen atoms in total. The Kier molecular flexibility index (Phi) is 14.1. The number of rotatable bonds is 17. The number of nitrogens with zero attached hydrogens (tertiary/aromatic N) is 1. The van der Waals surface area contributed by atoms with Crippen LogP contribution in [0.5, 0.6) is 0 Å². The Bertz CT molecular complexity index is 479. The molecule has 1 amide bonds. The van der Waals surface area contributed by atoms with Gasteiger partial charge in [0.05, 0.1) is 13.2 Å². The second kappa shape index (κ2) is 14.4. The summed E-state index contributed by atoms with van der Waals surface area (Å²) in [6, 6.07) is 0. The van der Waals surface area contributed by atoms with Crippen molar-refractivity contribution in [3.8, 4) is 0 Å². The zero-order valence-electron chi connectivity index (χ0n) is 16.6. The number of carbonyl (C=O) groups is 1. The quantitative estimate of drug-likeness (QED) is 0.154. The molecule has 0 fully saturated rings. The molecule has 4 N–H and O–H groups in total. The summed E-state index contributed by atoms with van der Waals surface area (Å²) in [5, 5.41) is 24.3. The topological polar surface area (TPSA) is 138 Å². The maximum absolute atomic E-state index is 12.9. The van der Waals surface area contributed by atoms with Gasteiger partial charge in [0.1, 0.15) is 23.2 Å². The van der Waals surface area contributed by atoms with Gasteiger partial charge in [-0.05, 0) is 6.42 Å². The highest BCUT2D eigenvalue weighted by atomic mass is 32.2. The van der Waals surface area contributed by atoms with Crippen LogP contribution in [0.15, 0.2) is 0 Å². The molecular weight excluding hydrogens is 374 g/mol. The Hall–Kier alpha value is -0.580. The third-order valence-electron chi connectivity index (χ3n) is 5.01. The third kappa shape index (κ3) is 9.96. The SMILES string of the molecule is CCCCCCCCCCC(C(=O)[N+](CCO)(CCO)CC[OH2+])S(=O)(=O)[O-]. The van der Waals surface area contributed by atoms with Crippen molar-refractivity contribution in [2.75, 3.05) is 39.5 Å². The van der Waals surface area contributed by atoms with E-state index in [0.29, 0.717) is 6.42 Å². The van der Waals surface area contributed by atoms with Gasteiger partial charge < -0.3 is 19.9 Å². The van der Waals surface area contributed by atoms with Crippen LogP contribution in [-0.2, 0) is 14.9 Å². The summed E-state index contributed by atoms with van der Waals surface area (Å²) in [4.78, 5) is 12.9. The molecule has 0 spiro atoms. The molecule has 0 bridgehead atoms. The van der Waals surface area contributed by atoms with Crippen LogP contribution in [0.3, 0.4) is 0 Å². The van der Waals surface area contributed by atoms with Crippen molar-refractivity contribution in [2.45, 2.75) is 70.0 Å². The smallest absolute Gasteiger partial charge is 0.331 e. The molecule has 0 saturated carbocycles. The Morgan fingerprint density at radius 1 is 0.963 bits per heavy atom. The molecule has 9 heteroatoms. The Labute approximate surface area is 163 Å². The van der Waals surface area contributed by atoms with Gasteiger partial charge in [0, 0.05) is 0 Å². The fourth-order valence-electron chi connectivity index (χ4n) is 3.42. The van der Waals surface area contributed by atoms with Crippen molar-refractivity contribution < 1.29 is 37.6 Å². The summed E-state index contributed by atoms with van der Waals surface area (Å²) in [6.45, 7) is 0.930. The molecule has 0 aromatic heterocycles. The monoisotopic (exact) mass is 412 g/mol. The predicted molar refractivity (Wildman–Crippen MR) is 103 cm³/mol. The van der Waals surface area contributed by atoms with E-state index in [9.17, 15) is 28.0 Å². The van der Waals surface area contributed by atoms with Gasteiger partial charge in [-0.3, -0.25) is 0 Å². The van der Waals surface area contributed by atoms with Gasteiger partial charge in [0.25, 0.3) is 0 Å². The second-order valence-corrected chi connectivity index (χ2v) is 8.65. The first-order valence-electron chi connectivity index (χ1n) is 10.0. The first-order valence-corrected chi connectivity index (χ1v) is 11.5. The molecule has 0 heterocycles. The molecule has 1 atom stereocenters.